The van der Waals surface area contributed by atoms with Crippen molar-refractivity contribution < 1.29 is 0 Å². The predicted molar refractivity (Wildman–Crippen MR) is 101 cm³/mol. The van der Waals surface area contributed by atoms with E-state index < -0.39 is 0 Å². The van der Waals surface area contributed by atoms with Crippen LogP contribution in [-0.4, -0.2) is 31.1 Å². The lowest BCUT2D eigenvalue weighted by molar-refractivity contribution is 0.309. The van der Waals surface area contributed by atoms with Gasteiger partial charge in [0.2, 0.25) is 0 Å². The molecule has 0 aromatic heterocycles. The van der Waals surface area contributed by atoms with Crippen LogP contribution in [0.15, 0.2) is 53.4 Å². The van der Waals surface area contributed by atoms with Crippen molar-refractivity contribution in [3.63, 3.8) is 0 Å². The smallest absolute Gasteiger partial charge is 0.0507 e. The molecule has 0 aliphatic carbocycles. The van der Waals surface area contributed by atoms with E-state index in [4.69, 9.17) is 0 Å². The van der Waals surface area contributed by atoms with Gasteiger partial charge in [-0.2, -0.15) is 0 Å². The number of rotatable bonds is 5. The van der Waals surface area contributed by atoms with Gasteiger partial charge in [-0.1, -0.05) is 50.2 Å². The van der Waals surface area contributed by atoms with Crippen molar-refractivity contribution in [2.75, 3.05) is 31.1 Å². The van der Waals surface area contributed by atoms with E-state index in [-0.39, 0.29) is 0 Å². The third-order valence-corrected chi connectivity index (χ3v) is 5.76. The van der Waals surface area contributed by atoms with Crippen LogP contribution in [0.5, 0.6) is 0 Å². The SMILES string of the molecule is CCN(CC)CCN1Cc2ccccc2CSc2ccccc21. The molecule has 3 rings (SSSR count). The molecule has 0 amide bonds. The number of hydrogen-bond acceptors (Lipinski definition) is 3. The Kier molecular flexibility index (Phi) is 5.63. The summed E-state index contributed by atoms with van der Waals surface area (Å²) in [4.78, 5) is 6.46. The first-order valence-electron chi connectivity index (χ1n) is 8.57. The van der Waals surface area contributed by atoms with Crippen LogP contribution in [0.4, 0.5) is 5.69 Å². The van der Waals surface area contributed by atoms with Gasteiger partial charge in [-0.15, -0.1) is 11.8 Å². The highest BCUT2D eigenvalue weighted by molar-refractivity contribution is 7.98. The van der Waals surface area contributed by atoms with Gasteiger partial charge in [0.05, 0.1) is 5.69 Å². The molecule has 0 bridgehead atoms. The summed E-state index contributed by atoms with van der Waals surface area (Å²) in [6, 6.07) is 17.7. The lowest BCUT2D eigenvalue weighted by atomic mass is 10.1. The summed E-state index contributed by atoms with van der Waals surface area (Å²) >= 11 is 1.96. The van der Waals surface area contributed by atoms with E-state index in [0.717, 1.165) is 38.5 Å². The fourth-order valence-electron chi connectivity index (χ4n) is 3.14. The van der Waals surface area contributed by atoms with Gasteiger partial charge in [0.15, 0.2) is 0 Å². The standard InChI is InChI=1S/C20H26N2S/c1-3-21(4-2)13-14-22-15-17-9-5-6-10-18(17)16-23-20-12-8-7-11-19(20)22/h5-12H,3-4,13-16H2,1-2H3. The summed E-state index contributed by atoms with van der Waals surface area (Å²) in [7, 11) is 0. The monoisotopic (exact) mass is 326 g/mol. The van der Waals surface area contributed by atoms with Crippen LogP contribution in [-0.2, 0) is 12.3 Å². The van der Waals surface area contributed by atoms with Crippen LogP contribution in [0.25, 0.3) is 0 Å². The zero-order valence-electron chi connectivity index (χ0n) is 14.2. The number of likely N-dealkylation sites (N-methyl/N-ethyl adjacent to an activating group) is 1. The third-order valence-electron chi connectivity index (χ3n) is 4.65. The van der Waals surface area contributed by atoms with E-state index in [1.807, 2.05) is 11.8 Å². The van der Waals surface area contributed by atoms with E-state index >= 15 is 0 Å². The molecule has 2 aromatic carbocycles. The fourth-order valence-corrected chi connectivity index (χ4v) is 4.25. The lowest BCUT2D eigenvalue weighted by Gasteiger charge is -2.32. The minimum atomic E-state index is 1.01. The first kappa shape index (κ1) is 16.4. The average Bonchev–Trinajstić information content (AvgIpc) is 2.59. The Labute approximate surface area is 144 Å². The van der Waals surface area contributed by atoms with Crippen molar-refractivity contribution in [3.8, 4) is 0 Å². The maximum absolute atomic E-state index is 2.55. The van der Waals surface area contributed by atoms with Gasteiger partial charge >= 0.3 is 0 Å². The van der Waals surface area contributed by atoms with Crippen LogP contribution in [0.2, 0.25) is 0 Å². The molecule has 0 N–H and O–H groups in total. The number of thioether (sulfide) groups is 1. The van der Waals surface area contributed by atoms with Crippen LogP contribution >= 0.6 is 11.8 Å². The molecule has 2 nitrogen and oxygen atoms in total. The molecule has 2 aromatic rings. The zero-order valence-corrected chi connectivity index (χ0v) is 15.0. The van der Waals surface area contributed by atoms with Crippen molar-refractivity contribution in [2.24, 2.45) is 0 Å². The molecule has 1 heterocycles. The quantitative estimate of drug-likeness (QED) is 0.790. The number of hydrogen-bond donors (Lipinski definition) is 0. The van der Waals surface area contributed by atoms with E-state index in [2.05, 4.69) is 72.2 Å². The molecule has 0 saturated heterocycles. The summed E-state index contributed by atoms with van der Waals surface area (Å²) in [6.07, 6.45) is 0. The molecule has 0 radical (unpaired) electrons. The second-order valence-electron chi connectivity index (χ2n) is 5.97. The number of benzene rings is 2. The van der Waals surface area contributed by atoms with Crippen LogP contribution in [0.3, 0.4) is 0 Å². The van der Waals surface area contributed by atoms with E-state index in [1.165, 1.54) is 21.7 Å². The summed E-state index contributed by atoms with van der Waals surface area (Å²) in [6.45, 7) is 9.94. The van der Waals surface area contributed by atoms with Gasteiger partial charge in [-0.3, -0.25) is 0 Å². The van der Waals surface area contributed by atoms with Gasteiger partial charge in [0.1, 0.15) is 0 Å². The summed E-state index contributed by atoms with van der Waals surface area (Å²) < 4.78 is 0. The largest absolute Gasteiger partial charge is 0.365 e. The highest BCUT2D eigenvalue weighted by Crippen LogP contribution is 2.36. The van der Waals surface area contributed by atoms with Gasteiger partial charge < -0.3 is 9.80 Å². The summed E-state index contributed by atoms with van der Waals surface area (Å²) in [5.41, 5.74) is 4.33. The highest BCUT2D eigenvalue weighted by Gasteiger charge is 2.17. The Bertz CT molecular complexity index is 637. The van der Waals surface area contributed by atoms with Crippen LogP contribution in [0.1, 0.15) is 25.0 Å². The summed E-state index contributed by atoms with van der Waals surface area (Å²) in [5, 5.41) is 0. The molecule has 0 fully saturated rings. The lowest BCUT2D eigenvalue weighted by Crippen LogP contribution is -2.35. The minimum absolute atomic E-state index is 1.01. The molecular weight excluding hydrogens is 300 g/mol. The Morgan fingerprint density at radius 1 is 0.957 bits per heavy atom. The van der Waals surface area contributed by atoms with E-state index in [0.29, 0.717) is 0 Å². The number of nitrogens with zero attached hydrogens (tertiary/aromatic N) is 2. The Morgan fingerprint density at radius 3 is 2.43 bits per heavy atom. The van der Waals surface area contributed by atoms with Crippen LogP contribution in [0, 0.1) is 0 Å². The molecule has 3 heteroatoms. The third kappa shape index (κ3) is 3.91. The molecule has 0 atom stereocenters. The first-order chi connectivity index (χ1) is 11.3. The van der Waals surface area contributed by atoms with Gasteiger partial charge in [0.25, 0.3) is 0 Å². The first-order valence-corrected chi connectivity index (χ1v) is 9.56. The van der Waals surface area contributed by atoms with Gasteiger partial charge in [-0.25, -0.2) is 0 Å². The van der Waals surface area contributed by atoms with Crippen molar-refractivity contribution in [1.82, 2.24) is 4.90 Å². The van der Waals surface area contributed by atoms with Gasteiger partial charge in [0, 0.05) is 30.3 Å². The Hall–Kier alpha value is -1.45. The van der Waals surface area contributed by atoms with Crippen molar-refractivity contribution >= 4 is 17.4 Å². The van der Waals surface area contributed by atoms with Crippen molar-refractivity contribution in [2.45, 2.75) is 31.0 Å². The molecular formula is C20H26N2S. The summed E-state index contributed by atoms with van der Waals surface area (Å²) in [5.74, 6) is 1.07. The van der Waals surface area contributed by atoms with E-state index in [1.54, 1.807) is 0 Å². The molecule has 0 saturated carbocycles. The topological polar surface area (TPSA) is 6.48 Å². The number of para-hydroxylation sites is 1. The fraction of sp³-hybridized carbons (Fsp3) is 0.400. The molecule has 23 heavy (non-hydrogen) atoms. The number of fused-ring (bicyclic) bond motifs is 2. The second kappa shape index (κ2) is 7.89. The highest BCUT2D eigenvalue weighted by atomic mass is 32.2. The second-order valence-corrected chi connectivity index (χ2v) is 6.99. The molecule has 0 spiro atoms. The predicted octanol–water partition coefficient (Wildman–Crippen LogP) is 4.64. The molecule has 1 aliphatic heterocycles. The average molecular weight is 327 g/mol. The van der Waals surface area contributed by atoms with Crippen molar-refractivity contribution in [1.29, 1.82) is 0 Å². The maximum atomic E-state index is 2.55. The molecule has 1 aliphatic rings. The molecule has 0 unspecified atom stereocenters. The number of anilines is 1. The van der Waals surface area contributed by atoms with E-state index in [9.17, 15) is 0 Å². The van der Waals surface area contributed by atoms with Crippen molar-refractivity contribution in [3.05, 3.63) is 59.7 Å². The maximum Gasteiger partial charge on any atom is 0.0507 e. The normalized spacial score (nSPS) is 14.1. The van der Waals surface area contributed by atoms with Crippen LogP contribution < -0.4 is 4.90 Å². The Balaban J connectivity index is 1.87. The molecule has 122 valence electrons. The van der Waals surface area contributed by atoms with Gasteiger partial charge in [-0.05, 0) is 36.3 Å². The minimum Gasteiger partial charge on any atom is -0.365 e. The zero-order chi connectivity index (χ0) is 16.1. The Morgan fingerprint density at radius 2 is 1.65 bits per heavy atom.